The van der Waals surface area contributed by atoms with Crippen LogP contribution in [0.2, 0.25) is 0 Å². The summed E-state index contributed by atoms with van der Waals surface area (Å²) in [7, 11) is 0. The van der Waals surface area contributed by atoms with Gasteiger partial charge in [-0.2, -0.15) is 0 Å². The monoisotopic (exact) mass is 412 g/mol. The number of rotatable bonds is 12. The highest BCUT2D eigenvalue weighted by molar-refractivity contribution is 8.14. The first-order valence-electron chi connectivity index (χ1n) is 10.0. The lowest BCUT2D eigenvalue weighted by Crippen LogP contribution is -2.41. The number of carbonyl (C=O) groups excluding carboxylic acids is 3. The summed E-state index contributed by atoms with van der Waals surface area (Å²) in [6.45, 7) is 5.36. The normalized spacial score (nSPS) is 22.0. The fourth-order valence-electron chi connectivity index (χ4n) is 3.77. The minimum atomic E-state index is -0.476. The van der Waals surface area contributed by atoms with E-state index in [1.807, 2.05) is 0 Å². The minimum absolute atomic E-state index is 0.0823. The average molecular weight is 413 g/mol. The van der Waals surface area contributed by atoms with Gasteiger partial charge >= 0.3 is 0 Å². The third-order valence-corrected chi connectivity index (χ3v) is 6.62. The first-order valence-corrected chi connectivity index (χ1v) is 10.9. The number of amidine groups is 1. The van der Waals surface area contributed by atoms with E-state index in [-0.39, 0.29) is 29.6 Å². The number of hydrogen-bond acceptors (Lipinski definition) is 6. The zero-order chi connectivity index (χ0) is 20.6. The number of thioether (sulfide) groups is 1. The highest BCUT2D eigenvalue weighted by Gasteiger charge is 2.47. The van der Waals surface area contributed by atoms with Crippen molar-refractivity contribution in [2.75, 3.05) is 13.1 Å². The molecule has 8 nitrogen and oxygen atoms in total. The number of carbonyl (C=O) groups is 3. The van der Waals surface area contributed by atoms with Gasteiger partial charge in [0.15, 0.2) is 5.17 Å². The molecule has 1 heterocycles. The standard InChI is InChI=1S/C19H32N4O4S/c1-3-4-5-14(8-16(25)23-27)15(9-19(6-7-19)11-20-12-24)17(26)22-18-21-10-13(2)28-18/h12-15,27H,3-11H2,1-2H3,(H,20,24)(H,23,25)(H,21,22,26). The third-order valence-electron chi connectivity index (χ3n) is 5.61. The smallest absolute Gasteiger partial charge is 0.243 e. The van der Waals surface area contributed by atoms with Gasteiger partial charge in [0, 0.05) is 24.1 Å². The summed E-state index contributed by atoms with van der Waals surface area (Å²) in [5.41, 5.74) is 1.62. The number of nitrogens with one attached hydrogen (secondary N) is 3. The maximum absolute atomic E-state index is 13.2. The molecule has 158 valence electrons. The lowest BCUT2D eigenvalue weighted by molar-refractivity contribution is -0.132. The van der Waals surface area contributed by atoms with Crippen molar-refractivity contribution in [3.05, 3.63) is 0 Å². The number of hydroxylamine groups is 1. The Morgan fingerprint density at radius 3 is 2.71 bits per heavy atom. The molecule has 0 spiro atoms. The van der Waals surface area contributed by atoms with E-state index in [4.69, 9.17) is 5.21 Å². The van der Waals surface area contributed by atoms with Crippen LogP contribution in [0.5, 0.6) is 0 Å². The second-order valence-corrected chi connectivity index (χ2v) is 9.44. The number of hydrogen-bond donors (Lipinski definition) is 4. The SMILES string of the molecule is CCCCC(CC(=O)NO)C(CC1(CNC=O)CC1)C(=O)NC1=NCC(C)S1. The van der Waals surface area contributed by atoms with Gasteiger partial charge in [0.25, 0.3) is 0 Å². The third kappa shape index (κ3) is 6.77. The molecule has 3 atom stereocenters. The second kappa shape index (κ2) is 10.8. The van der Waals surface area contributed by atoms with Gasteiger partial charge in [-0.1, -0.05) is 38.5 Å². The second-order valence-electron chi connectivity index (χ2n) is 8.01. The maximum Gasteiger partial charge on any atom is 0.243 e. The summed E-state index contributed by atoms with van der Waals surface area (Å²) in [5, 5.41) is 15.7. The summed E-state index contributed by atoms with van der Waals surface area (Å²) in [6, 6.07) is 0. The largest absolute Gasteiger partial charge is 0.358 e. The summed E-state index contributed by atoms with van der Waals surface area (Å²) in [5.74, 6) is -1.15. The summed E-state index contributed by atoms with van der Waals surface area (Å²) < 4.78 is 0. The molecule has 3 unspecified atom stereocenters. The molecule has 4 N–H and O–H groups in total. The Bertz CT molecular complexity index is 594. The number of nitrogens with zero attached hydrogens (tertiary/aromatic N) is 1. The van der Waals surface area contributed by atoms with Crippen molar-refractivity contribution in [3.8, 4) is 0 Å². The van der Waals surface area contributed by atoms with Crippen LogP contribution in [0.3, 0.4) is 0 Å². The lowest BCUT2D eigenvalue weighted by atomic mass is 9.78. The molecule has 0 aromatic carbocycles. The van der Waals surface area contributed by atoms with Crippen LogP contribution in [0.1, 0.15) is 58.8 Å². The molecule has 3 amide bonds. The predicted octanol–water partition coefficient (Wildman–Crippen LogP) is 1.83. The van der Waals surface area contributed by atoms with Crippen molar-refractivity contribution in [2.45, 2.75) is 64.0 Å². The van der Waals surface area contributed by atoms with Crippen molar-refractivity contribution in [2.24, 2.45) is 22.2 Å². The Kier molecular flexibility index (Phi) is 8.75. The lowest BCUT2D eigenvalue weighted by Gasteiger charge is -2.29. The molecular weight excluding hydrogens is 380 g/mol. The van der Waals surface area contributed by atoms with Crippen LogP contribution in [0.15, 0.2) is 4.99 Å². The van der Waals surface area contributed by atoms with Gasteiger partial charge in [0.2, 0.25) is 18.2 Å². The first-order chi connectivity index (χ1) is 13.4. The van der Waals surface area contributed by atoms with E-state index in [2.05, 4.69) is 29.5 Å². The molecule has 28 heavy (non-hydrogen) atoms. The van der Waals surface area contributed by atoms with E-state index < -0.39 is 5.91 Å². The van der Waals surface area contributed by atoms with Crippen LogP contribution < -0.4 is 16.1 Å². The molecule has 1 aliphatic heterocycles. The van der Waals surface area contributed by atoms with E-state index in [9.17, 15) is 14.4 Å². The predicted molar refractivity (Wildman–Crippen MR) is 109 cm³/mol. The molecule has 0 aromatic heterocycles. The molecular formula is C19H32N4O4S. The molecule has 0 saturated heterocycles. The van der Waals surface area contributed by atoms with Crippen molar-refractivity contribution in [1.82, 2.24) is 16.1 Å². The van der Waals surface area contributed by atoms with Gasteiger partial charge in [0.1, 0.15) is 0 Å². The number of aliphatic imine (C=N–C) groups is 1. The van der Waals surface area contributed by atoms with E-state index in [1.54, 1.807) is 17.2 Å². The molecule has 2 aliphatic rings. The fraction of sp³-hybridized carbons (Fsp3) is 0.789. The molecule has 9 heteroatoms. The maximum atomic E-state index is 13.2. The van der Waals surface area contributed by atoms with E-state index in [0.717, 1.165) is 32.1 Å². The highest BCUT2D eigenvalue weighted by Crippen LogP contribution is 2.51. The van der Waals surface area contributed by atoms with E-state index >= 15 is 0 Å². The quantitative estimate of drug-likeness (QED) is 0.221. The molecule has 1 fully saturated rings. The Morgan fingerprint density at radius 2 is 2.18 bits per heavy atom. The molecule has 2 rings (SSSR count). The highest BCUT2D eigenvalue weighted by atomic mass is 32.2. The van der Waals surface area contributed by atoms with Crippen LogP contribution in [-0.2, 0) is 14.4 Å². The van der Waals surface area contributed by atoms with Gasteiger partial charge in [-0.15, -0.1) is 0 Å². The topological polar surface area (TPSA) is 120 Å². The van der Waals surface area contributed by atoms with Crippen molar-refractivity contribution in [1.29, 1.82) is 0 Å². The molecule has 0 bridgehead atoms. The van der Waals surface area contributed by atoms with Crippen LogP contribution in [-0.4, -0.2) is 46.9 Å². The van der Waals surface area contributed by atoms with Gasteiger partial charge < -0.3 is 10.6 Å². The Hall–Kier alpha value is -1.61. The van der Waals surface area contributed by atoms with Crippen LogP contribution in [0, 0.1) is 17.3 Å². The first kappa shape index (κ1) is 22.7. The van der Waals surface area contributed by atoms with Crippen molar-refractivity contribution >= 4 is 35.2 Å². The van der Waals surface area contributed by atoms with Crippen LogP contribution >= 0.6 is 11.8 Å². The zero-order valence-corrected chi connectivity index (χ0v) is 17.5. The summed E-state index contributed by atoms with van der Waals surface area (Å²) >= 11 is 1.55. The van der Waals surface area contributed by atoms with Crippen LogP contribution in [0.4, 0.5) is 0 Å². The molecule has 1 saturated carbocycles. The summed E-state index contributed by atoms with van der Waals surface area (Å²) in [6.07, 6.45) is 5.91. The van der Waals surface area contributed by atoms with Crippen molar-refractivity contribution in [3.63, 3.8) is 0 Å². The Balaban J connectivity index is 2.15. The fourth-order valence-corrected chi connectivity index (χ4v) is 4.61. The Labute approximate surface area is 170 Å². The molecule has 0 aromatic rings. The van der Waals surface area contributed by atoms with Gasteiger partial charge in [-0.3, -0.25) is 24.6 Å². The van der Waals surface area contributed by atoms with Gasteiger partial charge in [-0.25, -0.2) is 5.48 Å². The zero-order valence-electron chi connectivity index (χ0n) is 16.7. The van der Waals surface area contributed by atoms with Gasteiger partial charge in [0.05, 0.1) is 6.54 Å². The number of unbranched alkanes of at least 4 members (excludes halogenated alkanes) is 1. The molecule has 1 aliphatic carbocycles. The molecule has 0 radical (unpaired) electrons. The van der Waals surface area contributed by atoms with E-state index in [1.165, 1.54) is 0 Å². The number of amides is 3. The summed E-state index contributed by atoms with van der Waals surface area (Å²) in [4.78, 5) is 40.1. The minimum Gasteiger partial charge on any atom is -0.358 e. The average Bonchev–Trinajstić information content (AvgIpc) is 3.34. The van der Waals surface area contributed by atoms with Crippen molar-refractivity contribution < 1.29 is 19.6 Å². The Morgan fingerprint density at radius 1 is 1.43 bits per heavy atom. The van der Waals surface area contributed by atoms with Crippen LogP contribution in [0.25, 0.3) is 0 Å². The van der Waals surface area contributed by atoms with E-state index in [0.29, 0.717) is 36.3 Å². The van der Waals surface area contributed by atoms with Gasteiger partial charge in [-0.05, 0) is 37.0 Å².